The Bertz CT molecular complexity index is 1260. The summed E-state index contributed by atoms with van der Waals surface area (Å²) < 4.78 is 10.5. The number of carbonyl (C=O) groups excluding carboxylic acids is 2. The number of esters is 1. The highest BCUT2D eigenvalue weighted by atomic mass is 32.2. The number of rotatable bonds is 10. The lowest BCUT2D eigenvalue weighted by molar-refractivity contribution is -0.112. The molecule has 184 valence electrons. The molecule has 1 heterocycles. The zero-order valence-electron chi connectivity index (χ0n) is 19.9. The van der Waals surface area contributed by atoms with Crippen molar-refractivity contribution >= 4 is 29.6 Å². The molecule has 3 aromatic rings. The number of ketones is 1. The third kappa shape index (κ3) is 6.30. The van der Waals surface area contributed by atoms with Crippen molar-refractivity contribution in [3.05, 3.63) is 107 Å². The molecule has 4 rings (SSSR count). The Balaban J connectivity index is 1.51. The molecule has 0 bridgehead atoms. The van der Waals surface area contributed by atoms with Crippen LogP contribution in [0, 0.1) is 0 Å². The molecule has 2 aromatic carbocycles. The number of hydrogen-bond acceptors (Lipinski definition) is 7. The zero-order valence-corrected chi connectivity index (χ0v) is 20.7. The monoisotopic (exact) mass is 501 g/mol. The van der Waals surface area contributed by atoms with E-state index in [0.29, 0.717) is 46.1 Å². The van der Waals surface area contributed by atoms with Gasteiger partial charge < -0.3 is 14.6 Å². The van der Waals surface area contributed by atoms with Crippen LogP contribution in [-0.2, 0) is 9.53 Å². The van der Waals surface area contributed by atoms with Gasteiger partial charge in [-0.15, -0.1) is 0 Å². The number of aliphatic hydroxyl groups is 1. The predicted octanol–water partition coefficient (Wildman–Crippen LogP) is 5.49. The van der Waals surface area contributed by atoms with E-state index in [9.17, 15) is 14.7 Å². The minimum absolute atomic E-state index is 0.231. The van der Waals surface area contributed by atoms with Crippen LogP contribution in [-0.4, -0.2) is 41.2 Å². The minimum Gasteiger partial charge on any atom is -0.494 e. The summed E-state index contributed by atoms with van der Waals surface area (Å²) in [7, 11) is 1.33. The number of carbonyl (C=O) groups is 2. The fourth-order valence-electron chi connectivity index (χ4n) is 3.89. The van der Waals surface area contributed by atoms with Gasteiger partial charge in [0.25, 0.3) is 0 Å². The SMILES string of the molecule is COC(=O)c1ccc(/C=C2/C(=O)C(Sc3ccccn3)=CC2(O)CCCCOc2ccccc2)cc1. The molecule has 6 nitrogen and oxygen atoms in total. The predicted molar refractivity (Wildman–Crippen MR) is 140 cm³/mol. The molecule has 1 aliphatic carbocycles. The van der Waals surface area contributed by atoms with Gasteiger partial charge in [0.1, 0.15) is 16.4 Å². The fourth-order valence-corrected chi connectivity index (χ4v) is 4.83. The highest BCUT2D eigenvalue weighted by Gasteiger charge is 2.41. The number of hydrogen-bond donors (Lipinski definition) is 1. The lowest BCUT2D eigenvalue weighted by Crippen LogP contribution is -2.28. The van der Waals surface area contributed by atoms with Crippen molar-refractivity contribution in [1.82, 2.24) is 4.98 Å². The Morgan fingerprint density at radius 1 is 1.03 bits per heavy atom. The summed E-state index contributed by atoms with van der Waals surface area (Å²) in [5, 5.41) is 12.3. The molecule has 0 radical (unpaired) electrons. The van der Waals surface area contributed by atoms with Gasteiger partial charge in [0.2, 0.25) is 0 Å². The Kier molecular flexibility index (Phi) is 8.36. The lowest BCUT2D eigenvalue weighted by Gasteiger charge is -2.22. The number of para-hydroxylation sites is 1. The highest BCUT2D eigenvalue weighted by Crippen LogP contribution is 2.42. The van der Waals surface area contributed by atoms with E-state index in [4.69, 9.17) is 9.47 Å². The van der Waals surface area contributed by atoms with Crippen LogP contribution in [0.1, 0.15) is 35.2 Å². The van der Waals surface area contributed by atoms with Gasteiger partial charge in [-0.1, -0.05) is 48.2 Å². The van der Waals surface area contributed by atoms with Crippen LogP contribution in [0.5, 0.6) is 5.75 Å². The van der Waals surface area contributed by atoms with Crippen molar-refractivity contribution in [3.63, 3.8) is 0 Å². The molecule has 0 fully saturated rings. The molecule has 0 saturated carbocycles. The molecule has 1 N–H and O–H groups in total. The second-order valence-corrected chi connectivity index (χ2v) is 9.38. The summed E-state index contributed by atoms with van der Waals surface area (Å²) in [5.74, 6) is 0.138. The Hall–Kier alpha value is -3.68. The second-order valence-electron chi connectivity index (χ2n) is 8.32. The van der Waals surface area contributed by atoms with Crippen molar-refractivity contribution in [2.45, 2.75) is 29.9 Å². The maximum absolute atomic E-state index is 13.4. The van der Waals surface area contributed by atoms with E-state index in [2.05, 4.69) is 4.98 Å². The number of allylic oxidation sites excluding steroid dienone is 1. The number of benzene rings is 2. The highest BCUT2D eigenvalue weighted by molar-refractivity contribution is 8.04. The number of aromatic nitrogens is 1. The molecular weight excluding hydrogens is 474 g/mol. The van der Waals surface area contributed by atoms with Crippen molar-refractivity contribution in [3.8, 4) is 5.75 Å². The van der Waals surface area contributed by atoms with E-state index < -0.39 is 11.6 Å². The first kappa shape index (κ1) is 25.4. The van der Waals surface area contributed by atoms with Crippen LogP contribution in [0.3, 0.4) is 0 Å². The second kappa shape index (κ2) is 11.8. The van der Waals surface area contributed by atoms with Crippen molar-refractivity contribution in [2.24, 2.45) is 0 Å². The van der Waals surface area contributed by atoms with Crippen LogP contribution >= 0.6 is 11.8 Å². The van der Waals surface area contributed by atoms with Crippen LogP contribution in [0.4, 0.5) is 0 Å². The number of unbranched alkanes of at least 4 members (excludes halogenated alkanes) is 1. The minimum atomic E-state index is -1.41. The van der Waals surface area contributed by atoms with E-state index in [1.807, 2.05) is 48.5 Å². The summed E-state index contributed by atoms with van der Waals surface area (Å²) >= 11 is 1.24. The molecule has 0 aliphatic heterocycles. The van der Waals surface area contributed by atoms with Gasteiger partial charge in [-0.3, -0.25) is 4.79 Å². The average molecular weight is 502 g/mol. The Morgan fingerprint density at radius 3 is 2.47 bits per heavy atom. The number of nitrogens with zero attached hydrogens (tertiary/aromatic N) is 1. The summed E-state index contributed by atoms with van der Waals surface area (Å²) in [4.78, 5) is 29.9. The van der Waals surface area contributed by atoms with E-state index in [-0.39, 0.29) is 5.78 Å². The normalized spacial score (nSPS) is 18.2. The van der Waals surface area contributed by atoms with Gasteiger partial charge in [-0.2, -0.15) is 0 Å². The fraction of sp³-hybridized carbons (Fsp3) is 0.207. The van der Waals surface area contributed by atoms with Gasteiger partial charge >= 0.3 is 5.97 Å². The van der Waals surface area contributed by atoms with Crippen LogP contribution in [0.15, 0.2) is 101 Å². The molecule has 0 spiro atoms. The number of methoxy groups -OCH3 is 1. The standard InChI is InChI=1S/C29H27NO5S/c1-34-28(32)22-14-12-21(13-15-22)19-24-27(31)25(36-26-11-5-7-17-30-26)20-29(24,33)16-6-8-18-35-23-9-3-2-4-10-23/h2-5,7,9-15,17,19-20,33H,6,8,16,18H2,1H3/b24-19-. The van der Waals surface area contributed by atoms with Crippen molar-refractivity contribution < 1.29 is 24.2 Å². The average Bonchev–Trinajstić information content (AvgIpc) is 3.14. The number of Topliss-reactive ketones (excluding diaryl/α,β-unsaturated/α-hetero) is 1. The molecule has 1 unspecified atom stereocenters. The summed E-state index contributed by atoms with van der Waals surface area (Å²) in [6.07, 6.45) is 6.75. The van der Waals surface area contributed by atoms with Crippen molar-refractivity contribution in [2.75, 3.05) is 13.7 Å². The van der Waals surface area contributed by atoms with E-state index >= 15 is 0 Å². The summed E-state index contributed by atoms with van der Waals surface area (Å²) in [6.45, 7) is 0.515. The zero-order chi connectivity index (χ0) is 25.4. The van der Waals surface area contributed by atoms with Gasteiger partial charge in [-0.25, -0.2) is 9.78 Å². The molecule has 1 atom stereocenters. The van der Waals surface area contributed by atoms with Crippen LogP contribution < -0.4 is 4.74 Å². The quantitative estimate of drug-likeness (QED) is 0.223. The first-order valence-electron chi connectivity index (χ1n) is 11.7. The Morgan fingerprint density at radius 2 is 1.78 bits per heavy atom. The van der Waals surface area contributed by atoms with E-state index in [1.165, 1.54) is 18.9 Å². The molecule has 0 amide bonds. The van der Waals surface area contributed by atoms with Gasteiger partial charge in [0.05, 0.1) is 24.2 Å². The van der Waals surface area contributed by atoms with Crippen LogP contribution in [0.25, 0.3) is 6.08 Å². The van der Waals surface area contributed by atoms with Gasteiger partial charge in [0.15, 0.2) is 5.78 Å². The van der Waals surface area contributed by atoms with E-state index in [1.54, 1.807) is 42.6 Å². The molecular formula is C29H27NO5S. The third-order valence-corrected chi connectivity index (χ3v) is 6.74. The third-order valence-electron chi connectivity index (χ3n) is 5.76. The molecule has 36 heavy (non-hydrogen) atoms. The lowest BCUT2D eigenvalue weighted by atomic mass is 9.89. The first-order valence-corrected chi connectivity index (χ1v) is 12.5. The number of thioether (sulfide) groups is 1. The maximum Gasteiger partial charge on any atom is 0.337 e. The largest absolute Gasteiger partial charge is 0.494 e. The van der Waals surface area contributed by atoms with Crippen LogP contribution in [0.2, 0.25) is 0 Å². The smallest absolute Gasteiger partial charge is 0.337 e. The maximum atomic E-state index is 13.4. The molecule has 1 aromatic heterocycles. The van der Waals surface area contributed by atoms with Crippen molar-refractivity contribution in [1.29, 1.82) is 0 Å². The number of ether oxygens (including phenoxy) is 2. The summed E-state index contributed by atoms with van der Waals surface area (Å²) in [5.41, 5.74) is 0.00255. The van der Waals surface area contributed by atoms with E-state index in [0.717, 1.165) is 12.2 Å². The van der Waals surface area contributed by atoms with Gasteiger partial charge in [0, 0.05) is 11.8 Å². The molecule has 0 saturated heterocycles. The molecule has 1 aliphatic rings. The Labute approximate surface area is 214 Å². The van der Waals surface area contributed by atoms with Gasteiger partial charge in [-0.05, 0) is 73.4 Å². The molecule has 7 heteroatoms. The number of pyridine rings is 1. The summed E-state index contributed by atoms with van der Waals surface area (Å²) in [6, 6.07) is 21.8. The first-order chi connectivity index (χ1) is 17.5. The topological polar surface area (TPSA) is 85.7 Å².